The molecule has 0 bridgehead atoms. The molecule has 22 heavy (non-hydrogen) atoms. The Morgan fingerprint density at radius 2 is 1.95 bits per heavy atom. The molecule has 0 fully saturated rings. The van der Waals surface area contributed by atoms with Gasteiger partial charge in [-0.05, 0) is 47.3 Å². The molecule has 0 aliphatic rings. The third-order valence-electron chi connectivity index (χ3n) is 3.92. The molecule has 0 saturated heterocycles. The molecule has 0 aliphatic carbocycles. The van der Waals surface area contributed by atoms with E-state index in [0.717, 1.165) is 39.2 Å². The fraction of sp³-hybridized carbons (Fsp3) is 0.167. The smallest absolute Gasteiger partial charge is 0.160 e. The van der Waals surface area contributed by atoms with E-state index in [9.17, 15) is 0 Å². The summed E-state index contributed by atoms with van der Waals surface area (Å²) in [6.07, 6.45) is 7.05. The molecule has 112 valence electrons. The minimum atomic E-state index is 0.739. The Morgan fingerprint density at radius 3 is 2.68 bits per heavy atom. The van der Waals surface area contributed by atoms with Gasteiger partial charge in [0.2, 0.25) is 0 Å². The minimum absolute atomic E-state index is 0.739. The topological polar surface area (TPSA) is 43.3 Å². The van der Waals surface area contributed by atoms with Gasteiger partial charge >= 0.3 is 0 Å². The second kappa shape index (κ2) is 5.97. The Bertz CT molecular complexity index is 848. The molecule has 2 N–H and O–H groups in total. The number of nitrogens with zero attached hydrogens (tertiary/aromatic N) is 2. The molecule has 2 aromatic heterocycles. The van der Waals surface area contributed by atoms with E-state index in [4.69, 9.17) is 5.73 Å². The number of halogens is 1. The molecule has 0 spiro atoms. The lowest BCUT2D eigenvalue weighted by molar-refractivity contribution is 1.07. The fourth-order valence-electron chi connectivity index (χ4n) is 2.51. The Morgan fingerprint density at radius 1 is 1.23 bits per heavy atom. The van der Waals surface area contributed by atoms with Crippen molar-refractivity contribution < 1.29 is 0 Å². The van der Waals surface area contributed by atoms with Crippen molar-refractivity contribution in [2.24, 2.45) is 0 Å². The number of rotatable bonds is 3. The summed E-state index contributed by atoms with van der Waals surface area (Å²) in [5.41, 5.74) is 12.3. The van der Waals surface area contributed by atoms with E-state index in [1.54, 1.807) is 0 Å². The van der Waals surface area contributed by atoms with Crippen LogP contribution in [0.3, 0.4) is 0 Å². The van der Waals surface area contributed by atoms with E-state index in [-0.39, 0.29) is 0 Å². The number of imidazole rings is 1. The second-order valence-corrected chi connectivity index (χ2v) is 6.22. The molecule has 0 saturated carbocycles. The molecular formula is C18H18BrN3. The van der Waals surface area contributed by atoms with E-state index in [1.165, 1.54) is 5.56 Å². The van der Waals surface area contributed by atoms with Crippen molar-refractivity contribution in [2.45, 2.75) is 20.3 Å². The van der Waals surface area contributed by atoms with Gasteiger partial charge in [0.15, 0.2) is 5.65 Å². The summed E-state index contributed by atoms with van der Waals surface area (Å²) in [4.78, 5) is 4.57. The normalized spacial score (nSPS) is 11.6. The first kappa shape index (κ1) is 14.9. The number of hydrogen-bond donors (Lipinski definition) is 1. The number of pyridine rings is 1. The quantitative estimate of drug-likeness (QED) is 0.748. The number of nitrogen functional groups attached to an aromatic ring is 1. The van der Waals surface area contributed by atoms with Gasteiger partial charge in [0.25, 0.3) is 0 Å². The zero-order valence-corrected chi connectivity index (χ0v) is 14.3. The van der Waals surface area contributed by atoms with E-state index >= 15 is 0 Å². The lowest BCUT2D eigenvalue weighted by atomic mass is 10.1. The van der Waals surface area contributed by atoms with Gasteiger partial charge in [-0.25, -0.2) is 4.98 Å². The number of benzene rings is 1. The number of aryl methyl sites for hydroxylation is 2. The van der Waals surface area contributed by atoms with Crippen molar-refractivity contribution in [1.29, 1.82) is 0 Å². The Balaban J connectivity index is 1.96. The van der Waals surface area contributed by atoms with Crippen LogP contribution in [-0.2, 0) is 6.42 Å². The SMILES string of the molecule is Cc1nc2c(N)c(C/C=C/c3ccccc3)c(Br)cn2c1C. The molecule has 0 radical (unpaired) electrons. The second-order valence-electron chi connectivity index (χ2n) is 5.36. The lowest BCUT2D eigenvalue weighted by Gasteiger charge is -2.09. The van der Waals surface area contributed by atoms with Crippen molar-refractivity contribution in [3.05, 3.63) is 69.6 Å². The molecule has 3 rings (SSSR count). The molecule has 0 amide bonds. The van der Waals surface area contributed by atoms with Gasteiger partial charge in [-0.3, -0.25) is 0 Å². The van der Waals surface area contributed by atoms with Crippen LogP contribution >= 0.6 is 15.9 Å². The first-order chi connectivity index (χ1) is 10.6. The first-order valence-electron chi connectivity index (χ1n) is 7.21. The van der Waals surface area contributed by atoms with Gasteiger partial charge in [-0.1, -0.05) is 42.5 Å². The van der Waals surface area contributed by atoms with Crippen LogP contribution in [0.1, 0.15) is 22.5 Å². The van der Waals surface area contributed by atoms with Crippen LogP contribution in [0, 0.1) is 13.8 Å². The number of hydrogen-bond acceptors (Lipinski definition) is 2. The third-order valence-corrected chi connectivity index (χ3v) is 4.60. The Kier molecular flexibility index (Phi) is 4.03. The molecule has 3 nitrogen and oxygen atoms in total. The monoisotopic (exact) mass is 355 g/mol. The van der Waals surface area contributed by atoms with Gasteiger partial charge in [0.1, 0.15) is 0 Å². The molecular weight excluding hydrogens is 338 g/mol. The van der Waals surface area contributed by atoms with Crippen molar-refractivity contribution in [3.8, 4) is 0 Å². The first-order valence-corrected chi connectivity index (χ1v) is 8.01. The van der Waals surface area contributed by atoms with Crippen molar-refractivity contribution in [2.75, 3.05) is 5.73 Å². The van der Waals surface area contributed by atoms with Crippen molar-refractivity contribution in [3.63, 3.8) is 0 Å². The summed E-state index contributed by atoms with van der Waals surface area (Å²) in [6.45, 7) is 4.06. The van der Waals surface area contributed by atoms with E-state index in [0.29, 0.717) is 0 Å². The predicted molar refractivity (Wildman–Crippen MR) is 96.0 cm³/mol. The van der Waals surface area contributed by atoms with Gasteiger partial charge in [0, 0.05) is 16.4 Å². The summed E-state index contributed by atoms with van der Waals surface area (Å²) < 4.78 is 3.05. The fourth-order valence-corrected chi connectivity index (χ4v) is 3.09. The highest BCUT2D eigenvalue weighted by molar-refractivity contribution is 9.10. The predicted octanol–water partition coefficient (Wildman–Crippen LogP) is 4.55. The number of anilines is 1. The zero-order valence-electron chi connectivity index (χ0n) is 12.7. The number of aromatic nitrogens is 2. The molecule has 3 aromatic rings. The average Bonchev–Trinajstić information content (AvgIpc) is 2.80. The highest BCUT2D eigenvalue weighted by Crippen LogP contribution is 2.29. The van der Waals surface area contributed by atoms with Gasteiger partial charge < -0.3 is 10.1 Å². The largest absolute Gasteiger partial charge is 0.395 e. The van der Waals surface area contributed by atoms with Gasteiger partial charge in [-0.15, -0.1) is 0 Å². The van der Waals surface area contributed by atoms with Gasteiger partial charge in [0.05, 0.1) is 11.4 Å². The van der Waals surface area contributed by atoms with E-state index in [2.05, 4.69) is 52.1 Å². The summed E-state index contributed by atoms with van der Waals surface area (Å²) in [5.74, 6) is 0. The Labute approximate surface area is 138 Å². The number of fused-ring (bicyclic) bond motifs is 1. The maximum absolute atomic E-state index is 6.33. The number of allylic oxidation sites excluding steroid dienone is 1. The summed E-state index contributed by atoms with van der Waals surface area (Å²) >= 11 is 3.64. The van der Waals surface area contributed by atoms with Crippen LogP contribution in [0.4, 0.5) is 5.69 Å². The van der Waals surface area contributed by atoms with E-state index < -0.39 is 0 Å². The zero-order chi connectivity index (χ0) is 15.7. The van der Waals surface area contributed by atoms with Crippen LogP contribution in [0.2, 0.25) is 0 Å². The third kappa shape index (κ3) is 2.66. The average molecular weight is 356 g/mol. The Hall–Kier alpha value is -2.07. The molecule has 2 heterocycles. The molecule has 0 aliphatic heterocycles. The standard InChI is InChI=1S/C18H18BrN3/c1-12-13(2)22-11-16(19)15(17(20)18(22)21-12)10-6-9-14-7-4-3-5-8-14/h3-9,11H,10,20H2,1-2H3/b9-6+. The van der Waals surface area contributed by atoms with Crippen LogP contribution in [0.25, 0.3) is 11.7 Å². The van der Waals surface area contributed by atoms with Crippen LogP contribution in [0.5, 0.6) is 0 Å². The molecule has 1 aromatic carbocycles. The molecule has 4 heteroatoms. The number of nitrogens with two attached hydrogens (primary N) is 1. The lowest BCUT2D eigenvalue weighted by Crippen LogP contribution is -2.01. The van der Waals surface area contributed by atoms with Crippen LogP contribution in [0.15, 0.2) is 47.1 Å². The summed E-state index contributed by atoms with van der Waals surface area (Å²) in [6, 6.07) is 10.2. The maximum atomic E-state index is 6.33. The highest BCUT2D eigenvalue weighted by atomic mass is 79.9. The summed E-state index contributed by atoms with van der Waals surface area (Å²) in [5, 5.41) is 0. The minimum Gasteiger partial charge on any atom is -0.395 e. The van der Waals surface area contributed by atoms with Crippen molar-refractivity contribution >= 4 is 33.3 Å². The summed E-state index contributed by atoms with van der Waals surface area (Å²) in [7, 11) is 0. The highest BCUT2D eigenvalue weighted by Gasteiger charge is 2.13. The van der Waals surface area contributed by atoms with Crippen molar-refractivity contribution in [1.82, 2.24) is 9.38 Å². The van der Waals surface area contributed by atoms with Gasteiger partial charge in [-0.2, -0.15) is 0 Å². The van der Waals surface area contributed by atoms with Crippen LogP contribution in [-0.4, -0.2) is 9.38 Å². The molecule has 0 unspecified atom stereocenters. The van der Waals surface area contributed by atoms with E-state index in [1.807, 2.05) is 35.7 Å². The maximum Gasteiger partial charge on any atom is 0.160 e. The molecule has 0 atom stereocenters. The van der Waals surface area contributed by atoms with Crippen LogP contribution < -0.4 is 5.73 Å².